The van der Waals surface area contributed by atoms with Gasteiger partial charge in [0, 0.05) is 44.9 Å². The van der Waals surface area contributed by atoms with E-state index in [1.807, 2.05) is 0 Å². The molecule has 1 saturated heterocycles. The Bertz CT molecular complexity index is 994. The van der Waals surface area contributed by atoms with E-state index in [0.29, 0.717) is 18.8 Å². The van der Waals surface area contributed by atoms with E-state index in [1.54, 1.807) is 65.6 Å². The molecule has 1 N–H and O–H groups in total. The normalized spacial score (nSPS) is 15.4. The molecule has 2 aromatic carbocycles. The van der Waals surface area contributed by atoms with Gasteiger partial charge in [0.15, 0.2) is 0 Å². The number of nitrogens with zero attached hydrogens (tertiary/aromatic N) is 2. The molecule has 29 heavy (non-hydrogen) atoms. The van der Waals surface area contributed by atoms with Gasteiger partial charge < -0.3 is 10.2 Å². The number of benzene rings is 2. The predicted molar refractivity (Wildman–Crippen MR) is 112 cm³/mol. The molecule has 1 aliphatic heterocycles. The van der Waals surface area contributed by atoms with Gasteiger partial charge in [0.2, 0.25) is 21.8 Å². The van der Waals surface area contributed by atoms with Gasteiger partial charge in [0.25, 0.3) is 0 Å². The van der Waals surface area contributed by atoms with Gasteiger partial charge in [-0.3, -0.25) is 9.59 Å². The lowest BCUT2D eigenvalue weighted by Crippen LogP contribution is -2.50. The lowest BCUT2D eigenvalue weighted by atomic mass is 10.2. The smallest absolute Gasteiger partial charge is 0.246 e. The van der Waals surface area contributed by atoms with Crippen molar-refractivity contribution in [1.29, 1.82) is 0 Å². The van der Waals surface area contributed by atoms with Crippen LogP contribution in [0.1, 0.15) is 12.5 Å². The first kappa shape index (κ1) is 20.8. The molecule has 7 nitrogen and oxygen atoms in total. The molecule has 0 saturated carbocycles. The SMILES string of the molecule is CC(=O)Nc1ccc(/C=C/C(=O)N2CCN(S(=O)(=O)c3ccccc3)CC2)cc1. The number of hydrogen-bond donors (Lipinski definition) is 1. The zero-order chi connectivity index (χ0) is 20.9. The fourth-order valence-electron chi connectivity index (χ4n) is 3.04. The van der Waals surface area contributed by atoms with E-state index in [4.69, 9.17) is 0 Å². The highest BCUT2D eigenvalue weighted by Gasteiger charge is 2.29. The van der Waals surface area contributed by atoms with Gasteiger partial charge in [-0.25, -0.2) is 8.42 Å². The first-order valence-corrected chi connectivity index (χ1v) is 10.7. The molecule has 0 radical (unpaired) electrons. The molecular formula is C21H23N3O4S. The van der Waals surface area contributed by atoms with E-state index in [2.05, 4.69) is 5.32 Å². The number of piperazine rings is 1. The van der Waals surface area contributed by atoms with E-state index in [1.165, 1.54) is 17.3 Å². The Morgan fingerprint density at radius 1 is 0.931 bits per heavy atom. The van der Waals surface area contributed by atoms with Crippen molar-refractivity contribution in [2.75, 3.05) is 31.5 Å². The topological polar surface area (TPSA) is 86.8 Å². The third-order valence-corrected chi connectivity index (χ3v) is 6.49. The predicted octanol–water partition coefficient (Wildman–Crippen LogP) is 2.19. The van der Waals surface area contributed by atoms with Crippen LogP contribution in [0.2, 0.25) is 0 Å². The summed E-state index contributed by atoms with van der Waals surface area (Å²) in [5, 5.41) is 2.68. The summed E-state index contributed by atoms with van der Waals surface area (Å²) in [4.78, 5) is 25.4. The minimum atomic E-state index is -3.53. The van der Waals surface area contributed by atoms with Crippen molar-refractivity contribution in [3.8, 4) is 0 Å². The minimum Gasteiger partial charge on any atom is -0.337 e. The van der Waals surface area contributed by atoms with Crippen LogP contribution in [0, 0.1) is 0 Å². The highest BCUT2D eigenvalue weighted by Crippen LogP contribution is 2.17. The van der Waals surface area contributed by atoms with Gasteiger partial charge in [-0.1, -0.05) is 30.3 Å². The van der Waals surface area contributed by atoms with Crippen molar-refractivity contribution in [1.82, 2.24) is 9.21 Å². The molecular weight excluding hydrogens is 390 g/mol. The molecule has 0 spiro atoms. The van der Waals surface area contributed by atoms with Crippen molar-refractivity contribution < 1.29 is 18.0 Å². The summed E-state index contributed by atoms with van der Waals surface area (Å²) in [5.41, 5.74) is 1.52. The summed E-state index contributed by atoms with van der Waals surface area (Å²) >= 11 is 0. The second kappa shape index (κ2) is 9.02. The van der Waals surface area contributed by atoms with Crippen molar-refractivity contribution >= 4 is 33.6 Å². The Morgan fingerprint density at radius 3 is 2.14 bits per heavy atom. The van der Waals surface area contributed by atoms with Crippen LogP contribution in [0.5, 0.6) is 0 Å². The van der Waals surface area contributed by atoms with Crippen molar-refractivity contribution in [3.63, 3.8) is 0 Å². The monoisotopic (exact) mass is 413 g/mol. The molecule has 2 aromatic rings. The molecule has 0 aromatic heterocycles. The van der Waals surface area contributed by atoms with Gasteiger partial charge in [-0.2, -0.15) is 4.31 Å². The Kier molecular flexibility index (Phi) is 6.46. The molecule has 8 heteroatoms. The Balaban J connectivity index is 1.56. The zero-order valence-electron chi connectivity index (χ0n) is 16.1. The fourth-order valence-corrected chi connectivity index (χ4v) is 4.49. The summed E-state index contributed by atoms with van der Waals surface area (Å²) in [6, 6.07) is 15.5. The van der Waals surface area contributed by atoms with Crippen LogP contribution in [0.15, 0.2) is 65.6 Å². The van der Waals surface area contributed by atoms with Crippen LogP contribution in [0.4, 0.5) is 5.69 Å². The number of rotatable bonds is 5. The zero-order valence-corrected chi connectivity index (χ0v) is 16.9. The third kappa shape index (κ3) is 5.30. The molecule has 0 bridgehead atoms. The fraction of sp³-hybridized carbons (Fsp3) is 0.238. The quantitative estimate of drug-likeness (QED) is 0.762. The molecule has 1 aliphatic rings. The molecule has 0 atom stereocenters. The van der Waals surface area contributed by atoms with Crippen LogP contribution in [0.3, 0.4) is 0 Å². The van der Waals surface area contributed by atoms with E-state index in [-0.39, 0.29) is 29.8 Å². The van der Waals surface area contributed by atoms with Gasteiger partial charge in [0.1, 0.15) is 0 Å². The van der Waals surface area contributed by atoms with Crippen LogP contribution >= 0.6 is 0 Å². The molecule has 0 aliphatic carbocycles. The highest BCUT2D eigenvalue weighted by atomic mass is 32.2. The highest BCUT2D eigenvalue weighted by molar-refractivity contribution is 7.89. The number of carbonyl (C=O) groups is 2. The lowest BCUT2D eigenvalue weighted by Gasteiger charge is -2.33. The van der Waals surface area contributed by atoms with Crippen molar-refractivity contribution in [2.45, 2.75) is 11.8 Å². The van der Waals surface area contributed by atoms with Gasteiger partial charge in [-0.05, 0) is 35.9 Å². The maximum atomic E-state index is 12.7. The van der Waals surface area contributed by atoms with Gasteiger partial charge in [-0.15, -0.1) is 0 Å². The summed E-state index contributed by atoms with van der Waals surface area (Å²) in [6.45, 7) is 2.66. The summed E-state index contributed by atoms with van der Waals surface area (Å²) in [7, 11) is -3.53. The second-order valence-electron chi connectivity index (χ2n) is 6.68. The second-order valence-corrected chi connectivity index (χ2v) is 8.62. The summed E-state index contributed by atoms with van der Waals surface area (Å²) < 4.78 is 26.7. The largest absolute Gasteiger partial charge is 0.337 e. The van der Waals surface area contributed by atoms with E-state index >= 15 is 0 Å². The number of nitrogens with one attached hydrogen (secondary N) is 1. The van der Waals surface area contributed by atoms with Crippen LogP contribution < -0.4 is 5.32 Å². The number of amides is 2. The van der Waals surface area contributed by atoms with Crippen molar-refractivity contribution in [2.24, 2.45) is 0 Å². The summed E-state index contributed by atoms with van der Waals surface area (Å²) in [5.74, 6) is -0.301. The lowest BCUT2D eigenvalue weighted by molar-refractivity contribution is -0.127. The number of anilines is 1. The number of hydrogen-bond acceptors (Lipinski definition) is 4. The van der Waals surface area contributed by atoms with Gasteiger partial charge in [0.05, 0.1) is 4.90 Å². The Morgan fingerprint density at radius 2 is 1.55 bits per heavy atom. The van der Waals surface area contributed by atoms with E-state index in [9.17, 15) is 18.0 Å². The van der Waals surface area contributed by atoms with Crippen molar-refractivity contribution in [3.05, 3.63) is 66.2 Å². The number of sulfonamides is 1. The molecule has 3 rings (SSSR count). The molecule has 2 amide bonds. The molecule has 152 valence electrons. The first-order chi connectivity index (χ1) is 13.9. The first-order valence-electron chi connectivity index (χ1n) is 9.26. The third-order valence-electron chi connectivity index (χ3n) is 4.58. The minimum absolute atomic E-state index is 0.142. The van der Waals surface area contributed by atoms with E-state index < -0.39 is 10.0 Å². The Hall–Kier alpha value is -2.97. The van der Waals surface area contributed by atoms with E-state index in [0.717, 1.165) is 5.56 Å². The maximum Gasteiger partial charge on any atom is 0.246 e. The van der Waals surface area contributed by atoms with Crippen LogP contribution in [0.25, 0.3) is 6.08 Å². The average molecular weight is 413 g/mol. The average Bonchev–Trinajstić information content (AvgIpc) is 2.73. The van der Waals surface area contributed by atoms with Crippen LogP contribution in [-0.2, 0) is 19.6 Å². The summed E-state index contributed by atoms with van der Waals surface area (Å²) in [6.07, 6.45) is 3.18. The Labute approximate surface area is 170 Å². The maximum absolute atomic E-state index is 12.7. The van der Waals surface area contributed by atoms with Crippen LogP contribution in [-0.4, -0.2) is 55.6 Å². The standard InChI is InChI=1S/C21H23N3O4S/c1-17(25)22-19-10-7-18(8-11-19)9-12-21(26)23-13-15-24(16-14-23)29(27,28)20-5-3-2-4-6-20/h2-12H,13-16H2,1H3,(H,22,25)/b12-9+. The van der Waals surface area contributed by atoms with Gasteiger partial charge >= 0.3 is 0 Å². The number of carbonyl (C=O) groups excluding carboxylic acids is 2. The molecule has 1 fully saturated rings. The molecule has 0 unspecified atom stereocenters. The molecule has 1 heterocycles.